The van der Waals surface area contributed by atoms with E-state index >= 15 is 0 Å². The van der Waals surface area contributed by atoms with Crippen LogP contribution in [-0.4, -0.2) is 15.2 Å². The molecule has 0 atom stereocenters. The van der Waals surface area contributed by atoms with Crippen LogP contribution >= 0.6 is 23.4 Å². The minimum atomic E-state index is -2.19. The van der Waals surface area contributed by atoms with Crippen molar-refractivity contribution in [2.45, 2.75) is 10.6 Å². The van der Waals surface area contributed by atoms with Crippen molar-refractivity contribution in [2.24, 2.45) is 0 Å². The van der Waals surface area contributed by atoms with E-state index in [-0.39, 0.29) is 11.6 Å². The second kappa shape index (κ2) is 7.01. The molecule has 3 aromatic rings. The van der Waals surface area contributed by atoms with Gasteiger partial charge in [0.05, 0.1) is 10.6 Å². The molecule has 1 N–H and O–H groups in total. The zero-order valence-electron chi connectivity index (χ0n) is 12.1. The van der Waals surface area contributed by atoms with E-state index in [1.807, 2.05) is 0 Å². The van der Waals surface area contributed by atoms with E-state index in [1.165, 1.54) is 0 Å². The normalized spacial score (nSPS) is 11.1. The van der Waals surface area contributed by atoms with Crippen molar-refractivity contribution in [2.75, 3.05) is 0 Å². The van der Waals surface area contributed by atoms with Crippen LogP contribution in [0.25, 0.3) is 11.4 Å². The topological polar surface area (TPSA) is 41.6 Å². The summed E-state index contributed by atoms with van der Waals surface area (Å²) in [5.41, 5.74) is 0.646. The van der Waals surface area contributed by atoms with Crippen LogP contribution in [0.1, 0.15) is 5.82 Å². The molecule has 0 aliphatic heterocycles. The summed E-state index contributed by atoms with van der Waals surface area (Å²) < 4.78 is 66.6. The fourth-order valence-corrected chi connectivity index (χ4v) is 2.91. The van der Waals surface area contributed by atoms with Gasteiger partial charge in [-0.1, -0.05) is 11.6 Å². The molecule has 3 rings (SSSR count). The Morgan fingerprint density at radius 1 is 0.880 bits per heavy atom. The number of rotatable bonds is 4. The number of aromatic nitrogens is 3. The second-order valence-electron chi connectivity index (χ2n) is 4.80. The Bertz CT molecular complexity index is 901. The molecule has 0 spiro atoms. The molecular weight excluding hydrogens is 385 g/mol. The Kier molecular flexibility index (Phi) is 4.96. The number of thioether (sulfide) groups is 1. The zero-order chi connectivity index (χ0) is 18.1. The Hall–Kier alpha value is -2.13. The van der Waals surface area contributed by atoms with E-state index < -0.39 is 34.0 Å². The number of benzene rings is 2. The largest absolute Gasteiger partial charge is 0.262 e. The molecule has 0 fully saturated rings. The summed E-state index contributed by atoms with van der Waals surface area (Å²) in [7, 11) is 0. The van der Waals surface area contributed by atoms with Gasteiger partial charge < -0.3 is 0 Å². The van der Waals surface area contributed by atoms with Gasteiger partial charge in [-0.25, -0.2) is 26.9 Å². The summed E-state index contributed by atoms with van der Waals surface area (Å²) in [6, 6.07) is 6.62. The molecule has 1 aromatic heterocycles. The number of nitrogens with zero attached hydrogens (tertiary/aromatic N) is 2. The van der Waals surface area contributed by atoms with Gasteiger partial charge in [-0.15, -0.1) is 11.8 Å². The van der Waals surface area contributed by atoms with Crippen LogP contribution in [0.2, 0.25) is 5.02 Å². The van der Waals surface area contributed by atoms with Gasteiger partial charge in [0.1, 0.15) is 5.82 Å². The minimum absolute atomic E-state index is 0.168. The summed E-state index contributed by atoms with van der Waals surface area (Å²) in [6.07, 6.45) is 0. The van der Waals surface area contributed by atoms with E-state index in [9.17, 15) is 22.0 Å². The third-order valence-electron chi connectivity index (χ3n) is 3.16. The Morgan fingerprint density at radius 2 is 1.44 bits per heavy atom. The lowest BCUT2D eigenvalue weighted by Crippen LogP contribution is -2.03. The maximum Gasteiger partial charge on any atom is 0.200 e. The first kappa shape index (κ1) is 17.7. The van der Waals surface area contributed by atoms with Gasteiger partial charge in [0, 0.05) is 10.6 Å². The quantitative estimate of drug-likeness (QED) is 0.291. The third-order valence-corrected chi connectivity index (χ3v) is 4.47. The summed E-state index contributed by atoms with van der Waals surface area (Å²) >= 11 is 6.20. The molecule has 10 heteroatoms. The molecular formula is C15H7ClF5N3S. The summed E-state index contributed by atoms with van der Waals surface area (Å²) in [4.78, 5) is 3.14. The number of halogens is 6. The molecule has 0 saturated carbocycles. The fourth-order valence-electron chi connectivity index (χ4n) is 1.94. The summed E-state index contributed by atoms with van der Waals surface area (Å²) in [5.74, 6) is -9.56. The van der Waals surface area contributed by atoms with Crippen molar-refractivity contribution < 1.29 is 22.0 Å². The monoisotopic (exact) mass is 391 g/mol. The predicted octanol–water partition coefficient (Wildman–Crippen LogP) is 5.11. The highest BCUT2D eigenvalue weighted by atomic mass is 35.5. The number of aromatic amines is 1. The van der Waals surface area contributed by atoms with E-state index in [0.29, 0.717) is 28.2 Å². The first-order valence-corrected chi connectivity index (χ1v) is 8.06. The fraction of sp³-hybridized carbons (Fsp3) is 0.0667. The lowest BCUT2D eigenvalue weighted by atomic mass is 10.2. The van der Waals surface area contributed by atoms with Gasteiger partial charge in [-0.05, 0) is 24.3 Å². The van der Waals surface area contributed by atoms with Crippen LogP contribution < -0.4 is 0 Å². The molecule has 130 valence electrons. The van der Waals surface area contributed by atoms with E-state index in [1.54, 1.807) is 24.3 Å². The standard InChI is InChI=1S/C15H7ClF5N3S/c16-7-3-1-6(2-4-7)15-22-8(23-24-15)5-25-14-12(20)10(18)9(17)11(19)13(14)21/h1-4H,5H2,(H,22,23,24). The molecule has 3 nitrogen and oxygen atoms in total. The molecule has 0 radical (unpaired) electrons. The molecule has 0 bridgehead atoms. The van der Waals surface area contributed by atoms with Crippen LogP contribution in [0, 0.1) is 29.1 Å². The lowest BCUT2D eigenvalue weighted by Gasteiger charge is -2.06. The number of hydrogen-bond acceptors (Lipinski definition) is 3. The third kappa shape index (κ3) is 3.47. The first-order valence-electron chi connectivity index (χ1n) is 6.70. The Labute approximate surface area is 147 Å². The van der Waals surface area contributed by atoms with Gasteiger partial charge >= 0.3 is 0 Å². The SMILES string of the molecule is Fc1c(F)c(F)c(SCc2nc(-c3ccc(Cl)cc3)n[nH]2)c(F)c1F. The second-order valence-corrected chi connectivity index (χ2v) is 6.22. The van der Waals surface area contributed by atoms with Gasteiger partial charge in [-0.2, -0.15) is 5.10 Å². The van der Waals surface area contributed by atoms with Gasteiger partial charge in [0.25, 0.3) is 0 Å². The van der Waals surface area contributed by atoms with Crippen molar-refractivity contribution in [3.8, 4) is 11.4 Å². The van der Waals surface area contributed by atoms with E-state index in [0.717, 1.165) is 0 Å². The van der Waals surface area contributed by atoms with Gasteiger partial charge in [-0.3, -0.25) is 5.10 Å². The van der Waals surface area contributed by atoms with Gasteiger partial charge in [0.2, 0.25) is 5.82 Å². The van der Waals surface area contributed by atoms with Crippen molar-refractivity contribution in [3.05, 3.63) is 64.2 Å². The van der Waals surface area contributed by atoms with Crippen molar-refractivity contribution >= 4 is 23.4 Å². The molecule has 0 aliphatic rings. The van der Waals surface area contributed by atoms with E-state index in [2.05, 4.69) is 15.2 Å². The van der Waals surface area contributed by atoms with Gasteiger partial charge in [0.15, 0.2) is 29.1 Å². The number of nitrogens with one attached hydrogen (secondary N) is 1. The van der Waals surface area contributed by atoms with Crippen LogP contribution in [0.15, 0.2) is 29.2 Å². The predicted molar refractivity (Wildman–Crippen MR) is 82.6 cm³/mol. The maximum atomic E-state index is 13.6. The highest BCUT2D eigenvalue weighted by molar-refractivity contribution is 7.98. The average Bonchev–Trinajstić information content (AvgIpc) is 3.08. The van der Waals surface area contributed by atoms with Crippen molar-refractivity contribution in [1.82, 2.24) is 15.2 Å². The molecule has 0 amide bonds. The first-order chi connectivity index (χ1) is 11.9. The van der Waals surface area contributed by atoms with Crippen molar-refractivity contribution in [1.29, 1.82) is 0 Å². The molecule has 2 aromatic carbocycles. The lowest BCUT2D eigenvalue weighted by molar-refractivity contribution is 0.361. The Morgan fingerprint density at radius 3 is 2.04 bits per heavy atom. The smallest absolute Gasteiger partial charge is 0.200 e. The zero-order valence-corrected chi connectivity index (χ0v) is 13.7. The molecule has 0 saturated heterocycles. The van der Waals surface area contributed by atoms with Crippen LogP contribution in [0.4, 0.5) is 22.0 Å². The molecule has 0 unspecified atom stereocenters. The van der Waals surface area contributed by atoms with Crippen LogP contribution in [0.5, 0.6) is 0 Å². The van der Waals surface area contributed by atoms with Crippen LogP contribution in [-0.2, 0) is 5.75 Å². The van der Waals surface area contributed by atoms with Crippen LogP contribution in [0.3, 0.4) is 0 Å². The summed E-state index contributed by atoms with van der Waals surface area (Å²) in [5, 5.41) is 7.01. The molecule has 25 heavy (non-hydrogen) atoms. The highest BCUT2D eigenvalue weighted by Gasteiger charge is 2.26. The molecule has 1 heterocycles. The number of H-pyrrole nitrogens is 1. The number of hydrogen-bond donors (Lipinski definition) is 1. The Balaban J connectivity index is 1.80. The summed E-state index contributed by atoms with van der Waals surface area (Å²) in [6.45, 7) is 0. The highest BCUT2D eigenvalue weighted by Crippen LogP contribution is 2.32. The average molecular weight is 392 g/mol. The van der Waals surface area contributed by atoms with Crippen molar-refractivity contribution in [3.63, 3.8) is 0 Å². The molecule has 0 aliphatic carbocycles. The minimum Gasteiger partial charge on any atom is -0.262 e. The maximum absolute atomic E-state index is 13.6. The van der Waals surface area contributed by atoms with E-state index in [4.69, 9.17) is 11.6 Å².